The normalized spacial score (nSPS) is 11.7. The molecule has 0 saturated heterocycles. The van der Waals surface area contributed by atoms with Crippen LogP contribution >= 0.6 is 34.5 Å². The lowest BCUT2D eigenvalue weighted by Crippen LogP contribution is -2.38. The van der Waals surface area contributed by atoms with Crippen LogP contribution in [0.2, 0.25) is 10.0 Å². The Morgan fingerprint density at radius 2 is 1.77 bits per heavy atom. The predicted octanol–water partition coefficient (Wildman–Crippen LogP) is 5.78. The molecule has 35 heavy (non-hydrogen) atoms. The molecule has 1 aromatic heterocycles. The molecule has 0 saturated carbocycles. The van der Waals surface area contributed by atoms with Gasteiger partial charge in [-0.15, -0.1) is 0 Å². The van der Waals surface area contributed by atoms with Gasteiger partial charge in [-0.1, -0.05) is 52.7 Å². The summed E-state index contributed by atoms with van der Waals surface area (Å²) in [5.74, 6) is -0.587. The summed E-state index contributed by atoms with van der Waals surface area (Å²) in [4.78, 5) is 25.3. The van der Waals surface area contributed by atoms with Gasteiger partial charge < -0.3 is 5.32 Å². The van der Waals surface area contributed by atoms with Crippen molar-refractivity contribution in [2.45, 2.75) is 24.8 Å². The SMILES string of the molecule is CC(C)n1c(=O)sc2cc(NC(=O)CN(c3cc(Cl)ccc3Cl)S(=O)(=O)c3ccccc3)ccc21. The second-order valence-corrected chi connectivity index (χ2v) is 11.7. The van der Waals surface area contributed by atoms with E-state index >= 15 is 0 Å². The smallest absolute Gasteiger partial charge is 0.308 e. The Morgan fingerprint density at radius 3 is 2.46 bits per heavy atom. The lowest BCUT2D eigenvalue weighted by atomic mass is 10.2. The molecule has 0 aliphatic rings. The van der Waals surface area contributed by atoms with E-state index in [1.807, 2.05) is 13.8 Å². The zero-order valence-electron chi connectivity index (χ0n) is 18.7. The first-order chi connectivity index (χ1) is 16.6. The van der Waals surface area contributed by atoms with E-state index in [9.17, 15) is 18.0 Å². The van der Waals surface area contributed by atoms with Gasteiger partial charge in [-0.2, -0.15) is 0 Å². The number of nitrogens with one attached hydrogen (secondary N) is 1. The van der Waals surface area contributed by atoms with E-state index in [1.54, 1.807) is 41.0 Å². The summed E-state index contributed by atoms with van der Waals surface area (Å²) in [5, 5.41) is 3.12. The van der Waals surface area contributed by atoms with Gasteiger partial charge in [-0.05, 0) is 62.4 Å². The van der Waals surface area contributed by atoms with Crippen LogP contribution in [0.25, 0.3) is 10.2 Å². The molecule has 4 aromatic rings. The number of hydrogen-bond acceptors (Lipinski definition) is 5. The summed E-state index contributed by atoms with van der Waals surface area (Å²) in [6.45, 7) is 3.30. The van der Waals surface area contributed by atoms with Crippen LogP contribution in [0.3, 0.4) is 0 Å². The van der Waals surface area contributed by atoms with Crippen LogP contribution in [-0.4, -0.2) is 25.4 Å². The van der Waals surface area contributed by atoms with E-state index in [0.29, 0.717) is 10.4 Å². The summed E-state index contributed by atoms with van der Waals surface area (Å²) >= 11 is 13.5. The maximum atomic E-state index is 13.5. The molecule has 11 heteroatoms. The van der Waals surface area contributed by atoms with E-state index in [4.69, 9.17) is 23.2 Å². The monoisotopic (exact) mass is 549 g/mol. The Balaban J connectivity index is 1.67. The summed E-state index contributed by atoms with van der Waals surface area (Å²) < 4.78 is 30.3. The van der Waals surface area contributed by atoms with Crippen molar-refractivity contribution in [1.82, 2.24) is 4.57 Å². The maximum absolute atomic E-state index is 13.5. The molecule has 0 atom stereocenters. The third-order valence-electron chi connectivity index (χ3n) is 5.21. The Labute approximate surface area is 216 Å². The van der Waals surface area contributed by atoms with Crippen molar-refractivity contribution in [3.63, 3.8) is 0 Å². The zero-order valence-corrected chi connectivity index (χ0v) is 21.9. The van der Waals surface area contributed by atoms with E-state index in [0.717, 1.165) is 21.2 Å². The summed E-state index contributed by atoms with van der Waals surface area (Å²) in [7, 11) is -4.14. The van der Waals surface area contributed by atoms with Gasteiger partial charge in [-0.25, -0.2) is 8.42 Å². The molecule has 0 unspecified atom stereocenters. The van der Waals surface area contributed by atoms with Gasteiger partial charge >= 0.3 is 4.87 Å². The second-order valence-electron chi connectivity index (χ2n) is 7.98. The zero-order chi connectivity index (χ0) is 25.3. The number of hydrogen-bond donors (Lipinski definition) is 1. The molecule has 4 rings (SSSR count). The van der Waals surface area contributed by atoms with Gasteiger partial charge in [0.25, 0.3) is 10.0 Å². The van der Waals surface area contributed by atoms with Crippen molar-refractivity contribution in [3.8, 4) is 0 Å². The number of thiazole rings is 1. The molecule has 0 bridgehead atoms. The number of amides is 1. The van der Waals surface area contributed by atoms with Crippen LogP contribution in [0.1, 0.15) is 19.9 Å². The number of aromatic nitrogens is 1. The van der Waals surface area contributed by atoms with Crippen LogP contribution in [0, 0.1) is 0 Å². The molecule has 0 radical (unpaired) electrons. The van der Waals surface area contributed by atoms with Gasteiger partial charge in [0.1, 0.15) is 6.54 Å². The average Bonchev–Trinajstić information content (AvgIpc) is 3.14. The number of sulfonamides is 1. The Morgan fingerprint density at radius 1 is 1.06 bits per heavy atom. The predicted molar refractivity (Wildman–Crippen MR) is 143 cm³/mol. The molecule has 1 N–H and O–H groups in total. The standard InChI is InChI=1S/C24H21Cl2N3O4S2/c1-15(2)29-20-11-9-17(13-22(20)34-24(29)31)27-23(30)14-28(21-12-16(25)8-10-19(21)26)35(32,33)18-6-4-3-5-7-18/h3-13,15H,14H2,1-2H3,(H,27,30). The Kier molecular flexibility index (Phi) is 7.23. The van der Waals surface area contributed by atoms with Crippen LogP contribution in [0.4, 0.5) is 11.4 Å². The number of fused-ring (bicyclic) bond motifs is 1. The second kappa shape index (κ2) is 10.0. The molecule has 0 aliphatic carbocycles. The third-order valence-corrected chi connectivity index (χ3v) is 8.46. The molecule has 0 aliphatic heterocycles. The van der Waals surface area contributed by atoms with Crippen molar-refractivity contribution >= 4 is 72.1 Å². The Bertz CT molecular complexity index is 1560. The van der Waals surface area contributed by atoms with Gasteiger partial charge in [-0.3, -0.25) is 18.5 Å². The van der Waals surface area contributed by atoms with Crippen LogP contribution in [0.5, 0.6) is 0 Å². The van der Waals surface area contributed by atoms with E-state index < -0.39 is 22.5 Å². The van der Waals surface area contributed by atoms with Gasteiger partial charge in [0.2, 0.25) is 5.91 Å². The summed E-state index contributed by atoms with van der Waals surface area (Å²) in [6, 6.07) is 17.3. The highest BCUT2D eigenvalue weighted by Gasteiger charge is 2.29. The minimum atomic E-state index is -4.14. The highest BCUT2D eigenvalue weighted by atomic mass is 35.5. The first-order valence-electron chi connectivity index (χ1n) is 10.6. The first-order valence-corrected chi connectivity index (χ1v) is 13.6. The molecule has 3 aromatic carbocycles. The number of carbonyl (C=O) groups excluding carboxylic acids is 1. The fourth-order valence-electron chi connectivity index (χ4n) is 3.63. The van der Waals surface area contributed by atoms with Crippen molar-refractivity contribution in [3.05, 3.63) is 86.4 Å². The van der Waals surface area contributed by atoms with E-state index in [1.165, 1.54) is 30.3 Å². The lowest BCUT2D eigenvalue weighted by molar-refractivity contribution is -0.114. The van der Waals surface area contributed by atoms with Gasteiger partial charge in [0.05, 0.1) is 25.8 Å². The first kappa shape index (κ1) is 25.2. The minimum absolute atomic E-state index is 0.00381. The number of benzene rings is 3. The third kappa shape index (κ3) is 5.23. The van der Waals surface area contributed by atoms with Crippen LogP contribution in [0.15, 0.2) is 76.4 Å². The number of anilines is 2. The minimum Gasteiger partial charge on any atom is -0.324 e. The van der Waals surface area contributed by atoms with Gasteiger partial charge in [0.15, 0.2) is 0 Å². The fourth-order valence-corrected chi connectivity index (χ4v) is 6.57. The van der Waals surface area contributed by atoms with Crippen molar-refractivity contribution in [2.24, 2.45) is 0 Å². The molecular weight excluding hydrogens is 529 g/mol. The highest BCUT2D eigenvalue weighted by molar-refractivity contribution is 7.92. The molecular formula is C24H21Cl2N3O4S2. The quantitative estimate of drug-likeness (QED) is 0.316. The largest absolute Gasteiger partial charge is 0.324 e. The molecule has 7 nitrogen and oxygen atoms in total. The molecule has 0 spiro atoms. The van der Waals surface area contributed by atoms with Crippen molar-refractivity contribution in [1.29, 1.82) is 0 Å². The van der Waals surface area contributed by atoms with Gasteiger partial charge in [0, 0.05) is 16.8 Å². The summed E-state index contributed by atoms with van der Waals surface area (Å²) in [6.07, 6.45) is 0. The molecule has 182 valence electrons. The number of nitrogens with zero attached hydrogens (tertiary/aromatic N) is 2. The van der Waals surface area contributed by atoms with E-state index in [-0.39, 0.29) is 31.5 Å². The molecule has 0 fully saturated rings. The maximum Gasteiger partial charge on any atom is 0.308 e. The van der Waals surface area contributed by atoms with Crippen molar-refractivity contribution < 1.29 is 13.2 Å². The Hall–Kier alpha value is -2.85. The lowest BCUT2D eigenvalue weighted by Gasteiger charge is -2.25. The average molecular weight is 550 g/mol. The van der Waals surface area contributed by atoms with E-state index in [2.05, 4.69) is 5.32 Å². The fraction of sp³-hybridized carbons (Fsp3) is 0.167. The number of carbonyl (C=O) groups is 1. The summed E-state index contributed by atoms with van der Waals surface area (Å²) in [5.41, 5.74) is 1.29. The molecule has 1 amide bonds. The van der Waals surface area contributed by atoms with Crippen LogP contribution < -0.4 is 14.5 Å². The highest BCUT2D eigenvalue weighted by Crippen LogP contribution is 2.33. The number of rotatable bonds is 7. The van der Waals surface area contributed by atoms with Crippen LogP contribution in [-0.2, 0) is 14.8 Å². The topological polar surface area (TPSA) is 88.5 Å². The number of halogens is 2. The molecule has 1 heterocycles. The van der Waals surface area contributed by atoms with Crippen molar-refractivity contribution in [2.75, 3.05) is 16.2 Å².